The Morgan fingerprint density at radius 1 is 1.32 bits per heavy atom. The average molecular weight is 261 g/mol. The van der Waals surface area contributed by atoms with Crippen molar-refractivity contribution in [2.45, 2.75) is 19.8 Å². The van der Waals surface area contributed by atoms with E-state index in [-0.39, 0.29) is 5.91 Å². The molecule has 4 heteroatoms. The fourth-order valence-electron chi connectivity index (χ4n) is 2.43. The minimum atomic E-state index is -0.0373. The van der Waals surface area contributed by atoms with Crippen LogP contribution in [-0.2, 0) is 0 Å². The Balaban J connectivity index is 2.23. The third kappa shape index (κ3) is 3.00. The molecule has 0 spiro atoms. The summed E-state index contributed by atoms with van der Waals surface area (Å²) in [4.78, 5) is 16.0. The molecule has 1 fully saturated rings. The first kappa shape index (κ1) is 13.7. The zero-order valence-electron chi connectivity index (χ0n) is 12.0. The van der Waals surface area contributed by atoms with Crippen molar-refractivity contribution in [3.05, 3.63) is 23.8 Å². The molecule has 4 nitrogen and oxygen atoms in total. The minimum absolute atomic E-state index is 0.0373. The first-order chi connectivity index (χ1) is 8.99. The number of hydrogen-bond donors (Lipinski definition) is 1. The molecule has 1 aliphatic heterocycles. The van der Waals surface area contributed by atoms with Gasteiger partial charge in [-0.2, -0.15) is 0 Å². The van der Waals surface area contributed by atoms with Crippen LogP contribution in [0.5, 0.6) is 0 Å². The Bertz CT molecular complexity index is 462. The summed E-state index contributed by atoms with van der Waals surface area (Å²) in [5, 5.41) is 0. The molecule has 19 heavy (non-hydrogen) atoms. The molecular weight excluding hydrogens is 238 g/mol. The maximum absolute atomic E-state index is 12.1. The Hall–Kier alpha value is -1.71. The first-order valence-corrected chi connectivity index (χ1v) is 6.85. The largest absolute Gasteiger partial charge is 0.398 e. The van der Waals surface area contributed by atoms with Crippen LogP contribution in [-0.4, -0.2) is 38.0 Å². The van der Waals surface area contributed by atoms with Crippen LogP contribution in [0.25, 0.3) is 0 Å². The summed E-state index contributed by atoms with van der Waals surface area (Å²) in [6.45, 7) is 4.41. The zero-order valence-corrected chi connectivity index (χ0v) is 12.0. The van der Waals surface area contributed by atoms with E-state index in [2.05, 4.69) is 11.8 Å². The van der Waals surface area contributed by atoms with Crippen LogP contribution in [0.15, 0.2) is 18.2 Å². The number of amides is 1. The van der Waals surface area contributed by atoms with Crippen molar-refractivity contribution in [3.8, 4) is 0 Å². The predicted molar refractivity (Wildman–Crippen MR) is 79.5 cm³/mol. The number of hydrogen-bond acceptors (Lipinski definition) is 3. The van der Waals surface area contributed by atoms with Crippen LogP contribution >= 0.6 is 0 Å². The van der Waals surface area contributed by atoms with Gasteiger partial charge in [-0.3, -0.25) is 4.79 Å². The average Bonchev–Trinajstić information content (AvgIpc) is 2.39. The Labute approximate surface area is 115 Å². The van der Waals surface area contributed by atoms with E-state index in [4.69, 9.17) is 5.73 Å². The number of rotatable bonds is 2. The van der Waals surface area contributed by atoms with E-state index in [0.717, 1.165) is 24.7 Å². The Morgan fingerprint density at radius 2 is 1.95 bits per heavy atom. The number of nitrogen functional groups attached to an aromatic ring is 1. The molecule has 1 saturated heterocycles. The lowest BCUT2D eigenvalue weighted by molar-refractivity contribution is 0.0828. The standard InChI is InChI=1S/C15H23N3O/c1-11-6-8-18(9-7-11)12-4-5-14(16)13(10-12)15(19)17(2)3/h4-5,10-11H,6-9,16H2,1-3H3. The second kappa shape index (κ2) is 5.51. The molecule has 2 rings (SSSR count). The molecule has 104 valence electrons. The van der Waals surface area contributed by atoms with Crippen LogP contribution in [0.4, 0.5) is 11.4 Å². The van der Waals surface area contributed by atoms with Crippen molar-refractivity contribution in [2.24, 2.45) is 5.92 Å². The van der Waals surface area contributed by atoms with Crippen LogP contribution in [0.2, 0.25) is 0 Å². The van der Waals surface area contributed by atoms with Crippen molar-refractivity contribution >= 4 is 17.3 Å². The molecule has 0 atom stereocenters. The van der Waals surface area contributed by atoms with Gasteiger partial charge in [-0.15, -0.1) is 0 Å². The van der Waals surface area contributed by atoms with Gasteiger partial charge in [-0.25, -0.2) is 0 Å². The van der Waals surface area contributed by atoms with Gasteiger partial charge in [-0.05, 0) is 37.0 Å². The molecule has 1 amide bonds. The molecule has 1 aliphatic rings. The van der Waals surface area contributed by atoms with Crippen molar-refractivity contribution in [3.63, 3.8) is 0 Å². The van der Waals surface area contributed by atoms with Gasteiger partial charge in [0, 0.05) is 38.6 Å². The number of piperidine rings is 1. The molecule has 0 unspecified atom stereocenters. The van der Waals surface area contributed by atoms with E-state index >= 15 is 0 Å². The van der Waals surface area contributed by atoms with Gasteiger partial charge in [0.1, 0.15) is 0 Å². The Kier molecular flexibility index (Phi) is 3.98. The Morgan fingerprint density at radius 3 is 2.53 bits per heavy atom. The smallest absolute Gasteiger partial charge is 0.255 e. The molecule has 0 aliphatic carbocycles. The minimum Gasteiger partial charge on any atom is -0.398 e. The molecule has 0 radical (unpaired) electrons. The van der Waals surface area contributed by atoms with E-state index in [1.807, 2.05) is 18.2 Å². The molecule has 1 heterocycles. The lowest BCUT2D eigenvalue weighted by Gasteiger charge is -2.32. The lowest BCUT2D eigenvalue weighted by Crippen LogP contribution is -2.33. The van der Waals surface area contributed by atoms with Crippen molar-refractivity contribution < 1.29 is 4.79 Å². The highest BCUT2D eigenvalue weighted by molar-refractivity contribution is 5.99. The van der Waals surface area contributed by atoms with E-state index in [1.165, 1.54) is 12.8 Å². The number of nitrogens with two attached hydrogens (primary N) is 1. The quantitative estimate of drug-likeness (QED) is 0.830. The second-order valence-corrected chi connectivity index (χ2v) is 5.64. The third-order valence-corrected chi connectivity index (χ3v) is 3.82. The summed E-state index contributed by atoms with van der Waals surface area (Å²) in [5.74, 6) is 0.762. The number of anilines is 2. The van der Waals surface area contributed by atoms with Gasteiger partial charge in [0.25, 0.3) is 5.91 Å². The first-order valence-electron chi connectivity index (χ1n) is 6.85. The van der Waals surface area contributed by atoms with E-state index in [0.29, 0.717) is 11.3 Å². The summed E-state index contributed by atoms with van der Waals surface area (Å²) in [6, 6.07) is 5.77. The third-order valence-electron chi connectivity index (χ3n) is 3.82. The topological polar surface area (TPSA) is 49.6 Å². The van der Waals surface area contributed by atoms with Crippen molar-refractivity contribution in [1.82, 2.24) is 4.90 Å². The fourth-order valence-corrected chi connectivity index (χ4v) is 2.43. The van der Waals surface area contributed by atoms with Gasteiger partial charge >= 0.3 is 0 Å². The normalized spacial score (nSPS) is 16.5. The number of carbonyl (C=O) groups excluding carboxylic acids is 1. The summed E-state index contributed by atoms with van der Waals surface area (Å²) in [6.07, 6.45) is 2.42. The highest BCUT2D eigenvalue weighted by atomic mass is 16.2. The molecule has 0 saturated carbocycles. The maximum Gasteiger partial charge on any atom is 0.255 e. The summed E-state index contributed by atoms with van der Waals surface area (Å²) in [5.41, 5.74) is 8.16. The molecule has 1 aromatic rings. The van der Waals surface area contributed by atoms with Gasteiger partial charge in [0.15, 0.2) is 0 Å². The van der Waals surface area contributed by atoms with Gasteiger partial charge in [-0.1, -0.05) is 6.92 Å². The highest BCUT2D eigenvalue weighted by Crippen LogP contribution is 2.26. The summed E-state index contributed by atoms with van der Waals surface area (Å²) < 4.78 is 0. The van der Waals surface area contributed by atoms with E-state index < -0.39 is 0 Å². The number of nitrogens with zero attached hydrogens (tertiary/aromatic N) is 2. The van der Waals surface area contributed by atoms with Crippen LogP contribution in [0, 0.1) is 5.92 Å². The second-order valence-electron chi connectivity index (χ2n) is 5.64. The summed E-state index contributed by atoms with van der Waals surface area (Å²) in [7, 11) is 3.49. The zero-order chi connectivity index (χ0) is 14.0. The molecule has 1 aromatic carbocycles. The number of carbonyl (C=O) groups is 1. The maximum atomic E-state index is 12.1. The molecule has 0 bridgehead atoms. The van der Waals surface area contributed by atoms with E-state index in [1.54, 1.807) is 19.0 Å². The summed E-state index contributed by atoms with van der Waals surface area (Å²) >= 11 is 0. The van der Waals surface area contributed by atoms with Crippen molar-refractivity contribution in [2.75, 3.05) is 37.8 Å². The lowest BCUT2D eigenvalue weighted by atomic mass is 9.98. The van der Waals surface area contributed by atoms with Crippen molar-refractivity contribution in [1.29, 1.82) is 0 Å². The SMILES string of the molecule is CC1CCN(c2ccc(N)c(C(=O)N(C)C)c2)CC1. The molecular formula is C15H23N3O. The molecule has 0 aromatic heterocycles. The van der Waals surface area contributed by atoms with Gasteiger partial charge in [0.05, 0.1) is 5.56 Å². The van der Waals surface area contributed by atoms with E-state index in [9.17, 15) is 4.79 Å². The van der Waals surface area contributed by atoms with Crippen LogP contribution < -0.4 is 10.6 Å². The number of benzene rings is 1. The fraction of sp³-hybridized carbons (Fsp3) is 0.533. The van der Waals surface area contributed by atoms with Crippen LogP contribution in [0.1, 0.15) is 30.1 Å². The highest BCUT2D eigenvalue weighted by Gasteiger charge is 2.18. The predicted octanol–water partition coefficient (Wildman–Crippen LogP) is 2.21. The molecule has 2 N–H and O–H groups in total. The van der Waals surface area contributed by atoms with Crippen LogP contribution in [0.3, 0.4) is 0 Å². The van der Waals surface area contributed by atoms with Gasteiger partial charge in [0.2, 0.25) is 0 Å². The van der Waals surface area contributed by atoms with Gasteiger partial charge < -0.3 is 15.5 Å². The monoisotopic (exact) mass is 261 g/mol.